The predicted octanol–water partition coefficient (Wildman–Crippen LogP) is 4.69. The van der Waals surface area contributed by atoms with Crippen LogP contribution in [0.2, 0.25) is 0 Å². The van der Waals surface area contributed by atoms with Crippen LogP contribution in [0.3, 0.4) is 0 Å². The molecule has 0 fully saturated rings. The molecular weight excluding hydrogens is 294 g/mol. The van der Waals surface area contributed by atoms with Gasteiger partial charge in [-0.05, 0) is 49.2 Å². The Labute approximate surface area is 130 Å². The Bertz CT molecular complexity index is 1040. The summed E-state index contributed by atoms with van der Waals surface area (Å²) in [6, 6.07) is 13.5. The average Bonchev–Trinajstić information content (AvgIpc) is 2.92. The number of para-hydroxylation sites is 1. The summed E-state index contributed by atoms with van der Waals surface area (Å²) in [6.45, 7) is 4.07. The molecule has 0 spiro atoms. The Morgan fingerprint density at radius 3 is 2.64 bits per heavy atom. The smallest absolute Gasteiger partial charge is 0.336 e. The quantitative estimate of drug-likeness (QED) is 0.479. The van der Waals surface area contributed by atoms with E-state index in [1.165, 1.54) is 11.6 Å². The molecule has 0 bridgehead atoms. The van der Waals surface area contributed by atoms with Gasteiger partial charge in [-0.3, -0.25) is 0 Å². The first-order valence-corrected chi connectivity index (χ1v) is 7.84. The van der Waals surface area contributed by atoms with Crippen LogP contribution in [0.5, 0.6) is 0 Å². The number of fused-ring (bicyclic) bond motifs is 2. The monoisotopic (exact) mass is 307 g/mol. The minimum absolute atomic E-state index is 0.343. The van der Waals surface area contributed by atoms with Crippen LogP contribution in [0, 0.1) is 13.8 Å². The lowest BCUT2D eigenvalue weighted by Gasteiger charge is -2.06. The van der Waals surface area contributed by atoms with E-state index in [0.717, 1.165) is 31.7 Å². The molecule has 0 saturated heterocycles. The molecule has 4 aromatic rings. The topological polar surface area (TPSA) is 43.1 Å². The summed E-state index contributed by atoms with van der Waals surface area (Å²) in [5.41, 5.74) is 4.35. The second-order valence-electron chi connectivity index (χ2n) is 5.40. The van der Waals surface area contributed by atoms with E-state index in [2.05, 4.69) is 18.0 Å². The Morgan fingerprint density at radius 2 is 1.82 bits per heavy atom. The highest BCUT2D eigenvalue weighted by molar-refractivity contribution is 7.21. The van der Waals surface area contributed by atoms with Crippen LogP contribution in [0.25, 0.3) is 31.8 Å². The summed E-state index contributed by atoms with van der Waals surface area (Å²) in [7, 11) is 0. The molecule has 0 unspecified atom stereocenters. The van der Waals surface area contributed by atoms with Crippen LogP contribution < -0.4 is 5.63 Å². The van der Waals surface area contributed by atoms with Crippen LogP contribution >= 0.6 is 11.3 Å². The number of hydrogen-bond donors (Lipinski definition) is 0. The maximum Gasteiger partial charge on any atom is 0.336 e. The van der Waals surface area contributed by atoms with E-state index < -0.39 is 0 Å². The zero-order valence-corrected chi connectivity index (χ0v) is 13.0. The highest BCUT2D eigenvalue weighted by Gasteiger charge is 2.13. The number of benzene rings is 2. The molecule has 0 aliphatic heterocycles. The van der Waals surface area contributed by atoms with Crippen molar-refractivity contribution in [2.24, 2.45) is 0 Å². The third-order valence-corrected chi connectivity index (χ3v) is 4.95. The molecule has 108 valence electrons. The maximum absolute atomic E-state index is 11.9. The van der Waals surface area contributed by atoms with E-state index in [0.29, 0.717) is 5.58 Å². The van der Waals surface area contributed by atoms with E-state index >= 15 is 0 Å². The van der Waals surface area contributed by atoms with Crippen molar-refractivity contribution in [2.45, 2.75) is 13.8 Å². The Hall–Kier alpha value is -2.46. The summed E-state index contributed by atoms with van der Waals surface area (Å²) in [5, 5.41) is 1.78. The molecule has 2 aromatic carbocycles. The molecule has 0 atom stereocenters. The fraction of sp³-hybridized carbons (Fsp3) is 0.111. The highest BCUT2D eigenvalue weighted by Crippen LogP contribution is 2.34. The lowest BCUT2D eigenvalue weighted by molar-refractivity contribution is 0.561. The van der Waals surface area contributed by atoms with Crippen molar-refractivity contribution < 1.29 is 4.42 Å². The summed E-state index contributed by atoms with van der Waals surface area (Å²) < 4.78 is 6.47. The van der Waals surface area contributed by atoms with Gasteiger partial charge in [-0.2, -0.15) is 0 Å². The van der Waals surface area contributed by atoms with Crippen LogP contribution in [-0.4, -0.2) is 4.98 Å². The van der Waals surface area contributed by atoms with Crippen LogP contribution in [0.1, 0.15) is 11.1 Å². The molecule has 0 aliphatic rings. The van der Waals surface area contributed by atoms with Crippen LogP contribution in [-0.2, 0) is 0 Å². The molecule has 2 heterocycles. The van der Waals surface area contributed by atoms with Crippen molar-refractivity contribution in [1.82, 2.24) is 4.98 Å². The van der Waals surface area contributed by atoms with Crippen molar-refractivity contribution in [3.05, 3.63) is 64.0 Å². The van der Waals surface area contributed by atoms with Crippen molar-refractivity contribution in [1.29, 1.82) is 0 Å². The molecule has 4 rings (SSSR count). The number of aromatic nitrogens is 1. The van der Waals surface area contributed by atoms with Gasteiger partial charge in [-0.1, -0.05) is 12.1 Å². The van der Waals surface area contributed by atoms with Gasteiger partial charge in [0.25, 0.3) is 0 Å². The maximum atomic E-state index is 11.9. The molecule has 0 radical (unpaired) electrons. The molecule has 4 heteroatoms. The second-order valence-corrected chi connectivity index (χ2v) is 6.43. The zero-order chi connectivity index (χ0) is 15.3. The largest absolute Gasteiger partial charge is 0.423 e. The molecular formula is C18H13NO2S. The predicted molar refractivity (Wildman–Crippen MR) is 90.6 cm³/mol. The van der Waals surface area contributed by atoms with E-state index in [9.17, 15) is 4.79 Å². The van der Waals surface area contributed by atoms with Crippen molar-refractivity contribution in [3.63, 3.8) is 0 Å². The Kier molecular flexibility index (Phi) is 2.87. The number of aryl methyl sites for hydroxylation is 2. The van der Waals surface area contributed by atoms with Gasteiger partial charge < -0.3 is 4.42 Å². The normalized spacial score (nSPS) is 11.4. The van der Waals surface area contributed by atoms with Gasteiger partial charge in [0.05, 0.1) is 10.2 Å². The first-order chi connectivity index (χ1) is 10.6. The van der Waals surface area contributed by atoms with Crippen molar-refractivity contribution in [2.75, 3.05) is 0 Å². The van der Waals surface area contributed by atoms with Gasteiger partial charge in [0.1, 0.15) is 10.6 Å². The average molecular weight is 307 g/mol. The number of hydrogen-bond acceptors (Lipinski definition) is 4. The van der Waals surface area contributed by atoms with Gasteiger partial charge in [-0.25, -0.2) is 9.78 Å². The number of nitrogens with zero attached hydrogens (tertiary/aromatic N) is 1. The van der Waals surface area contributed by atoms with Gasteiger partial charge in [-0.15, -0.1) is 11.3 Å². The summed E-state index contributed by atoms with van der Waals surface area (Å²) in [5.74, 6) is 0. The fourth-order valence-electron chi connectivity index (χ4n) is 2.58. The Morgan fingerprint density at radius 1 is 1.05 bits per heavy atom. The third-order valence-electron chi connectivity index (χ3n) is 3.88. The lowest BCUT2D eigenvalue weighted by atomic mass is 10.0. The summed E-state index contributed by atoms with van der Waals surface area (Å²) >= 11 is 1.59. The molecule has 2 aromatic heterocycles. The minimum Gasteiger partial charge on any atom is -0.423 e. The highest BCUT2D eigenvalue weighted by atomic mass is 32.1. The van der Waals surface area contributed by atoms with Crippen LogP contribution in [0.4, 0.5) is 0 Å². The fourth-order valence-corrected chi connectivity index (χ4v) is 3.58. The molecule has 0 aliphatic carbocycles. The lowest BCUT2D eigenvalue weighted by Crippen LogP contribution is -1.98. The molecule has 0 amide bonds. The zero-order valence-electron chi connectivity index (χ0n) is 12.2. The summed E-state index contributed by atoms with van der Waals surface area (Å²) in [6.07, 6.45) is 0. The molecule has 0 N–H and O–H groups in total. The minimum atomic E-state index is -0.343. The second kappa shape index (κ2) is 4.78. The molecule has 0 saturated carbocycles. The van der Waals surface area contributed by atoms with E-state index in [1.807, 2.05) is 37.3 Å². The summed E-state index contributed by atoms with van der Waals surface area (Å²) in [4.78, 5) is 16.6. The van der Waals surface area contributed by atoms with Crippen molar-refractivity contribution in [3.8, 4) is 10.6 Å². The van der Waals surface area contributed by atoms with Gasteiger partial charge in [0, 0.05) is 17.0 Å². The Balaban J connectivity index is 2.08. The number of thiazole rings is 1. The number of rotatable bonds is 1. The standard InChI is InChI=1S/C18H13NO2S/c1-10-7-12-13(9-17(20)21-15(12)8-11(10)2)18-19-14-5-3-4-6-16(14)22-18/h3-9H,1-2H3. The van der Waals surface area contributed by atoms with Gasteiger partial charge >= 0.3 is 5.63 Å². The SMILES string of the molecule is Cc1cc2oc(=O)cc(-c3nc4ccccc4s3)c2cc1C. The first kappa shape index (κ1) is 13.2. The first-order valence-electron chi connectivity index (χ1n) is 7.03. The molecule has 3 nitrogen and oxygen atoms in total. The van der Waals surface area contributed by atoms with Crippen molar-refractivity contribution >= 4 is 32.5 Å². The third kappa shape index (κ3) is 2.04. The van der Waals surface area contributed by atoms with E-state index in [4.69, 9.17) is 4.42 Å². The van der Waals surface area contributed by atoms with Gasteiger partial charge in [0.15, 0.2) is 0 Å². The van der Waals surface area contributed by atoms with E-state index in [-0.39, 0.29) is 5.63 Å². The van der Waals surface area contributed by atoms with E-state index in [1.54, 1.807) is 11.3 Å². The van der Waals surface area contributed by atoms with Crippen LogP contribution in [0.15, 0.2) is 51.7 Å². The van der Waals surface area contributed by atoms with Gasteiger partial charge in [0.2, 0.25) is 0 Å². The molecule has 22 heavy (non-hydrogen) atoms.